The number of aromatic amines is 1. The summed E-state index contributed by atoms with van der Waals surface area (Å²) in [6.07, 6.45) is 1.32. The van der Waals surface area contributed by atoms with Crippen LogP contribution in [0.15, 0.2) is 35.4 Å². The fourth-order valence-corrected chi connectivity index (χ4v) is 1.68. The third-order valence-corrected chi connectivity index (χ3v) is 2.70. The molecule has 6 nitrogen and oxygen atoms in total. The number of hydrogen-bond acceptors (Lipinski definition) is 5. The van der Waals surface area contributed by atoms with E-state index in [1.165, 1.54) is 13.4 Å². The molecule has 0 radical (unpaired) electrons. The van der Waals surface area contributed by atoms with Crippen LogP contribution in [0, 0.1) is 11.3 Å². The van der Waals surface area contributed by atoms with Crippen LogP contribution < -0.4 is 15.2 Å². The van der Waals surface area contributed by atoms with E-state index in [-0.39, 0.29) is 11.3 Å². The minimum Gasteiger partial charge on any atom is -0.488 e. The highest BCUT2D eigenvalue weighted by molar-refractivity contribution is 5.64. The molecule has 0 unspecified atom stereocenters. The number of hydrogen-bond donors (Lipinski definition) is 1. The highest BCUT2D eigenvalue weighted by atomic mass is 16.5. The number of aromatic nitrogens is 2. The molecule has 96 valence electrons. The molecule has 1 aromatic heterocycles. The number of benzene rings is 1. The predicted octanol–water partition coefficient (Wildman–Crippen LogP) is 1.42. The van der Waals surface area contributed by atoms with Gasteiger partial charge in [0.05, 0.1) is 25.1 Å². The average Bonchev–Trinajstić information content (AvgIpc) is 2.46. The van der Waals surface area contributed by atoms with E-state index in [4.69, 9.17) is 10.00 Å². The average molecular weight is 256 g/mol. The zero-order valence-electron chi connectivity index (χ0n) is 10.5. The molecule has 0 saturated heterocycles. The lowest BCUT2D eigenvalue weighted by molar-refractivity contribution is 0.407. The maximum atomic E-state index is 11.6. The molecule has 0 saturated carbocycles. The Morgan fingerprint density at radius 3 is 2.63 bits per heavy atom. The van der Waals surface area contributed by atoms with Crippen molar-refractivity contribution in [1.82, 2.24) is 9.97 Å². The van der Waals surface area contributed by atoms with E-state index in [9.17, 15) is 4.79 Å². The van der Waals surface area contributed by atoms with Gasteiger partial charge in [-0.2, -0.15) is 5.26 Å². The summed E-state index contributed by atoms with van der Waals surface area (Å²) in [5, 5.41) is 8.76. The van der Waals surface area contributed by atoms with E-state index in [1.54, 1.807) is 36.2 Å². The number of nitrogens with zero attached hydrogens (tertiary/aromatic N) is 3. The molecular weight excluding hydrogens is 244 g/mol. The molecule has 0 spiro atoms. The normalized spacial score (nSPS) is 9.74. The zero-order chi connectivity index (χ0) is 13.8. The SMILES string of the molecule is COc1c(N(C)c2ccc(C#N)cc2)nc[nH]c1=O. The minimum absolute atomic E-state index is 0.148. The minimum atomic E-state index is -0.340. The van der Waals surface area contributed by atoms with Gasteiger partial charge in [-0.05, 0) is 24.3 Å². The third kappa shape index (κ3) is 2.40. The van der Waals surface area contributed by atoms with Crippen molar-refractivity contribution in [2.24, 2.45) is 0 Å². The second-order valence-electron chi connectivity index (χ2n) is 3.81. The van der Waals surface area contributed by atoms with Crippen molar-refractivity contribution >= 4 is 11.5 Å². The molecule has 0 bridgehead atoms. The molecule has 0 fully saturated rings. The first kappa shape index (κ1) is 12.6. The van der Waals surface area contributed by atoms with Gasteiger partial charge in [-0.1, -0.05) is 0 Å². The predicted molar refractivity (Wildman–Crippen MR) is 70.6 cm³/mol. The topological polar surface area (TPSA) is 82.0 Å². The summed E-state index contributed by atoms with van der Waals surface area (Å²) in [5.74, 6) is 0.560. The fraction of sp³-hybridized carbons (Fsp3) is 0.154. The van der Waals surface area contributed by atoms with Crippen molar-refractivity contribution in [3.8, 4) is 11.8 Å². The standard InChI is InChI=1S/C13H12N4O2/c1-17(10-5-3-9(7-14)4-6-10)12-11(19-2)13(18)16-8-15-12/h3-6,8H,1-2H3,(H,15,16,18). The molecule has 2 rings (SSSR count). The van der Waals surface area contributed by atoms with Gasteiger partial charge in [-0.15, -0.1) is 0 Å². The molecule has 0 amide bonds. The Kier molecular flexibility index (Phi) is 3.48. The van der Waals surface area contributed by atoms with Crippen molar-refractivity contribution in [3.05, 3.63) is 46.5 Å². The van der Waals surface area contributed by atoms with Gasteiger partial charge in [0.2, 0.25) is 5.75 Å². The molecule has 2 aromatic rings. The number of anilines is 2. The van der Waals surface area contributed by atoms with E-state index in [2.05, 4.69) is 16.0 Å². The van der Waals surface area contributed by atoms with Crippen molar-refractivity contribution in [2.45, 2.75) is 0 Å². The monoisotopic (exact) mass is 256 g/mol. The Balaban J connectivity index is 2.44. The summed E-state index contributed by atoms with van der Waals surface area (Å²) in [6.45, 7) is 0. The van der Waals surface area contributed by atoms with Gasteiger partial charge >= 0.3 is 0 Å². The Hall–Kier alpha value is -2.81. The first-order chi connectivity index (χ1) is 9.17. The molecule has 0 aliphatic rings. The lowest BCUT2D eigenvalue weighted by atomic mass is 10.2. The molecule has 1 N–H and O–H groups in total. The van der Waals surface area contributed by atoms with Crippen molar-refractivity contribution in [2.75, 3.05) is 19.1 Å². The number of H-pyrrole nitrogens is 1. The molecule has 6 heteroatoms. The highest BCUT2D eigenvalue weighted by Gasteiger charge is 2.14. The first-order valence-corrected chi connectivity index (χ1v) is 5.53. The van der Waals surface area contributed by atoms with Gasteiger partial charge in [-0.25, -0.2) is 4.98 Å². The summed E-state index contributed by atoms with van der Waals surface area (Å²) in [4.78, 5) is 19.9. The number of ether oxygens (including phenoxy) is 1. The Morgan fingerprint density at radius 2 is 2.05 bits per heavy atom. The van der Waals surface area contributed by atoms with Gasteiger partial charge in [0.15, 0.2) is 5.82 Å². The van der Waals surface area contributed by atoms with E-state index in [1.807, 2.05) is 0 Å². The van der Waals surface area contributed by atoms with Gasteiger partial charge in [0, 0.05) is 12.7 Å². The third-order valence-electron chi connectivity index (χ3n) is 2.70. The van der Waals surface area contributed by atoms with Crippen LogP contribution in [-0.4, -0.2) is 24.1 Å². The maximum Gasteiger partial charge on any atom is 0.295 e. The largest absolute Gasteiger partial charge is 0.488 e. The van der Waals surface area contributed by atoms with Crippen LogP contribution in [0.1, 0.15) is 5.56 Å². The Bertz CT molecular complexity index is 670. The van der Waals surface area contributed by atoms with Crippen LogP contribution in [0.25, 0.3) is 0 Å². The van der Waals surface area contributed by atoms with Gasteiger partial charge < -0.3 is 14.6 Å². The smallest absolute Gasteiger partial charge is 0.295 e. The first-order valence-electron chi connectivity index (χ1n) is 5.53. The lowest BCUT2D eigenvalue weighted by Gasteiger charge is -2.19. The van der Waals surface area contributed by atoms with Gasteiger partial charge in [0.25, 0.3) is 5.56 Å². The summed E-state index contributed by atoms with van der Waals surface area (Å²) in [5.41, 5.74) is 1.03. The summed E-state index contributed by atoms with van der Waals surface area (Å²) in [6, 6.07) is 9.01. The number of nitriles is 1. The molecule has 0 aliphatic heterocycles. The maximum absolute atomic E-state index is 11.6. The van der Waals surface area contributed by atoms with E-state index in [0.29, 0.717) is 11.4 Å². The highest BCUT2D eigenvalue weighted by Crippen LogP contribution is 2.26. The number of nitrogens with one attached hydrogen (secondary N) is 1. The van der Waals surface area contributed by atoms with E-state index < -0.39 is 0 Å². The van der Waals surface area contributed by atoms with Gasteiger partial charge in [0.1, 0.15) is 0 Å². The van der Waals surface area contributed by atoms with Crippen LogP contribution in [0.5, 0.6) is 5.75 Å². The molecule has 0 aliphatic carbocycles. The van der Waals surface area contributed by atoms with Crippen molar-refractivity contribution < 1.29 is 4.74 Å². The summed E-state index contributed by atoms with van der Waals surface area (Å²) < 4.78 is 5.06. The fourth-order valence-electron chi connectivity index (χ4n) is 1.68. The van der Waals surface area contributed by atoms with Crippen LogP contribution in [0.2, 0.25) is 0 Å². The van der Waals surface area contributed by atoms with Gasteiger partial charge in [-0.3, -0.25) is 4.79 Å². The Morgan fingerprint density at radius 1 is 1.37 bits per heavy atom. The Labute approximate surface area is 109 Å². The molecule has 19 heavy (non-hydrogen) atoms. The quantitative estimate of drug-likeness (QED) is 0.898. The summed E-state index contributed by atoms with van der Waals surface area (Å²) in [7, 11) is 3.19. The number of methoxy groups -OCH3 is 1. The van der Waals surface area contributed by atoms with Crippen molar-refractivity contribution in [1.29, 1.82) is 5.26 Å². The summed E-state index contributed by atoms with van der Waals surface area (Å²) >= 11 is 0. The van der Waals surface area contributed by atoms with Crippen LogP contribution in [0.3, 0.4) is 0 Å². The second kappa shape index (κ2) is 5.23. The second-order valence-corrected chi connectivity index (χ2v) is 3.81. The van der Waals surface area contributed by atoms with Crippen LogP contribution in [-0.2, 0) is 0 Å². The van der Waals surface area contributed by atoms with Crippen LogP contribution in [0.4, 0.5) is 11.5 Å². The van der Waals surface area contributed by atoms with Crippen molar-refractivity contribution in [3.63, 3.8) is 0 Å². The van der Waals surface area contributed by atoms with E-state index >= 15 is 0 Å². The number of rotatable bonds is 3. The van der Waals surface area contributed by atoms with E-state index in [0.717, 1.165) is 5.69 Å². The molecular formula is C13H12N4O2. The zero-order valence-corrected chi connectivity index (χ0v) is 10.5. The molecule has 1 aromatic carbocycles. The molecule has 0 atom stereocenters. The van der Waals surface area contributed by atoms with Crippen LogP contribution >= 0.6 is 0 Å². The molecule has 1 heterocycles. The lowest BCUT2D eigenvalue weighted by Crippen LogP contribution is -2.18.